The van der Waals surface area contributed by atoms with Crippen LogP contribution in [-0.4, -0.2) is 51.5 Å². The van der Waals surface area contributed by atoms with E-state index in [0.717, 1.165) is 64.5 Å². The summed E-state index contributed by atoms with van der Waals surface area (Å²) in [6, 6.07) is 0. The zero-order chi connectivity index (χ0) is 16.1. The average molecular weight is 313 g/mol. The van der Waals surface area contributed by atoms with Crippen LogP contribution in [0.4, 0.5) is 0 Å². The Labute approximate surface area is 136 Å². The van der Waals surface area contributed by atoms with Crippen molar-refractivity contribution < 1.29 is 9.47 Å². The topological polar surface area (TPSA) is 54.9 Å². The first kappa shape index (κ1) is 19.2. The standard InChI is InChI=1S/C17H35N3O2/c1-4-13-22-17(10-7-6-8-11-17)15-20-16(18-5-2)19-12-9-14-21-3/h4-15H2,1-3H3,(H2,18,19,20). The lowest BCUT2D eigenvalue weighted by Crippen LogP contribution is -2.42. The average Bonchev–Trinajstić information content (AvgIpc) is 2.55. The molecule has 0 unspecified atom stereocenters. The number of nitrogens with one attached hydrogen (secondary N) is 2. The molecule has 1 aliphatic rings. The van der Waals surface area contributed by atoms with Gasteiger partial charge in [-0.1, -0.05) is 26.2 Å². The Bertz CT molecular complexity index is 302. The minimum atomic E-state index is -0.0386. The number of aliphatic imine (C=N–C) groups is 1. The highest BCUT2D eigenvalue weighted by Crippen LogP contribution is 2.32. The van der Waals surface area contributed by atoms with E-state index in [9.17, 15) is 0 Å². The smallest absolute Gasteiger partial charge is 0.191 e. The molecule has 0 aromatic rings. The van der Waals surface area contributed by atoms with Crippen LogP contribution in [0.25, 0.3) is 0 Å². The van der Waals surface area contributed by atoms with Gasteiger partial charge in [0.2, 0.25) is 0 Å². The molecule has 0 aliphatic heterocycles. The molecule has 0 aromatic carbocycles. The first-order chi connectivity index (χ1) is 10.8. The monoisotopic (exact) mass is 313 g/mol. The SMILES string of the molecule is CCCOC1(CN=C(NCC)NCCCOC)CCCCC1. The highest BCUT2D eigenvalue weighted by atomic mass is 16.5. The van der Waals surface area contributed by atoms with Gasteiger partial charge >= 0.3 is 0 Å². The number of guanidine groups is 1. The number of hydrogen-bond donors (Lipinski definition) is 2. The van der Waals surface area contributed by atoms with Crippen LogP contribution in [-0.2, 0) is 9.47 Å². The van der Waals surface area contributed by atoms with E-state index in [1.165, 1.54) is 19.3 Å². The highest BCUT2D eigenvalue weighted by Gasteiger charge is 2.32. The first-order valence-electron chi connectivity index (χ1n) is 8.91. The maximum atomic E-state index is 6.21. The molecule has 0 amide bonds. The van der Waals surface area contributed by atoms with E-state index in [0.29, 0.717) is 0 Å². The largest absolute Gasteiger partial charge is 0.385 e. The van der Waals surface area contributed by atoms with Crippen molar-refractivity contribution in [2.45, 2.75) is 64.4 Å². The fourth-order valence-corrected chi connectivity index (χ4v) is 2.85. The van der Waals surface area contributed by atoms with E-state index in [4.69, 9.17) is 14.5 Å². The van der Waals surface area contributed by atoms with Gasteiger partial charge in [-0.2, -0.15) is 0 Å². The molecule has 1 rings (SSSR count). The van der Waals surface area contributed by atoms with Crippen LogP contribution in [0.15, 0.2) is 4.99 Å². The van der Waals surface area contributed by atoms with Crippen LogP contribution in [0.3, 0.4) is 0 Å². The number of ether oxygens (including phenoxy) is 2. The quantitative estimate of drug-likeness (QED) is 0.370. The zero-order valence-corrected chi connectivity index (χ0v) is 14.7. The van der Waals surface area contributed by atoms with Crippen LogP contribution in [0, 0.1) is 0 Å². The maximum Gasteiger partial charge on any atom is 0.191 e. The van der Waals surface area contributed by atoms with Gasteiger partial charge < -0.3 is 20.1 Å². The summed E-state index contributed by atoms with van der Waals surface area (Å²) in [5.74, 6) is 0.892. The molecule has 22 heavy (non-hydrogen) atoms. The van der Waals surface area contributed by atoms with Crippen molar-refractivity contribution in [2.24, 2.45) is 4.99 Å². The molecule has 5 heteroatoms. The van der Waals surface area contributed by atoms with Crippen molar-refractivity contribution in [2.75, 3.05) is 40.0 Å². The van der Waals surface area contributed by atoms with Crippen molar-refractivity contribution in [3.05, 3.63) is 0 Å². The summed E-state index contributed by atoms with van der Waals surface area (Å²) in [6.45, 7) is 8.38. The Morgan fingerprint density at radius 2 is 1.86 bits per heavy atom. The minimum absolute atomic E-state index is 0.0386. The Morgan fingerprint density at radius 1 is 1.09 bits per heavy atom. The van der Waals surface area contributed by atoms with Gasteiger partial charge in [0.15, 0.2) is 5.96 Å². The molecule has 0 bridgehead atoms. The first-order valence-corrected chi connectivity index (χ1v) is 8.91. The molecule has 1 aliphatic carbocycles. The van der Waals surface area contributed by atoms with Crippen molar-refractivity contribution in [1.29, 1.82) is 0 Å². The Kier molecular flexibility index (Phi) is 10.2. The molecule has 5 nitrogen and oxygen atoms in total. The molecule has 1 saturated carbocycles. The third-order valence-electron chi connectivity index (χ3n) is 4.06. The Hall–Kier alpha value is -0.810. The van der Waals surface area contributed by atoms with E-state index in [1.54, 1.807) is 7.11 Å². The van der Waals surface area contributed by atoms with Gasteiger partial charge in [0.1, 0.15) is 0 Å². The summed E-state index contributed by atoms with van der Waals surface area (Å²) >= 11 is 0. The van der Waals surface area contributed by atoms with Gasteiger partial charge in [0, 0.05) is 33.4 Å². The van der Waals surface area contributed by atoms with E-state index in [-0.39, 0.29) is 5.60 Å². The fourth-order valence-electron chi connectivity index (χ4n) is 2.85. The summed E-state index contributed by atoms with van der Waals surface area (Å²) in [5, 5.41) is 6.69. The van der Waals surface area contributed by atoms with Crippen molar-refractivity contribution in [3.8, 4) is 0 Å². The summed E-state index contributed by atoms with van der Waals surface area (Å²) in [4.78, 5) is 4.79. The summed E-state index contributed by atoms with van der Waals surface area (Å²) in [5.41, 5.74) is -0.0386. The minimum Gasteiger partial charge on any atom is -0.385 e. The predicted octanol–water partition coefficient (Wildman–Crippen LogP) is 2.71. The second kappa shape index (κ2) is 11.7. The Morgan fingerprint density at radius 3 is 2.50 bits per heavy atom. The lowest BCUT2D eigenvalue weighted by atomic mass is 9.84. The van der Waals surface area contributed by atoms with E-state index in [1.807, 2.05) is 0 Å². The van der Waals surface area contributed by atoms with Crippen molar-refractivity contribution in [1.82, 2.24) is 10.6 Å². The summed E-state index contributed by atoms with van der Waals surface area (Å²) in [6.07, 6.45) is 8.18. The maximum absolute atomic E-state index is 6.21. The van der Waals surface area contributed by atoms with Crippen molar-refractivity contribution >= 4 is 5.96 Å². The third-order valence-corrected chi connectivity index (χ3v) is 4.06. The van der Waals surface area contributed by atoms with Crippen LogP contribution >= 0.6 is 0 Å². The second-order valence-electron chi connectivity index (χ2n) is 6.06. The molecule has 0 spiro atoms. The number of nitrogens with zero attached hydrogens (tertiary/aromatic N) is 1. The number of hydrogen-bond acceptors (Lipinski definition) is 3. The van der Waals surface area contributed by atoms with Crippen LogP contribution in [0.1, 0.15) is 58.8 Å². The zero-order valence-electron chi connectivity index (χ0n) is 14.7. The summed E-state index contributed by atoms with van der Waals surface area (Å²) < 4.78 is 11.3. The molecule has 1 fully saturated rings. The molecular weight excluding hydrogens is 278 g/mol. The van der Waals surface area contributed by atoms with Crippen molar-refractivity contribution in [3.63, 3.8) is 0 Å². The second-order valence-corrected chi connectivity index (χ2v) is 6.06. The fraction of sp³-hybridized carbons (Fsp3) is 0.941. The molecule has 0 atom stereocenters. The lowest BCUT2D eigenvalue weighted by molar-refractivity contribution is -0.0624. The predicted molar refractivity (Wildman–Crippen MR) is 92.5 cm³/mol. The van der Waals surface area contributed by atoms with Gasteiger partial charge in [-0.25, -0.2) is 0 Å². The number of methoxy groups -OCH3 is 1. The van der Waals surface area contributed by atoms with Crippen LogP contribution in [0.2, 0.25) is 0 Å². The molecule has 0 radical (unpaired) electrons. The van der Waals surface area contributed by atoms with Gasteiger partial charge in [0.25, 0.3) is 0 Å². The molecule has 0 saturated heterocycles. The van der Waals surface area contributed by atoms with Gasteiger partial charge in [-0.15, -0.1) is 0 Å². The van der Waals surface area contributed by atoms with E-state index in [2.05, 4.69) is 24.5 Å². The lowest BCUT2D eigenvalue weighted by Gasteiger charge is -2.36. The Balaban J connectivity index is 2.54. The van der Waals surface area contributed by atoms with Gasteiger partial charge in [0.05, 0.1) is 12.1 Å². The summed E-state index contributed by atoms with van der Waals surface area (Å²) in [7, 11) is 1.73. The molecule has 0 aromatic heterocycles. The molecule has 130 valence electrons. The van der Waals surface area contributed by atoms with E-state index >= 15 is 0 Å². The molecule has 2 N–H and O–H groups in total. The molecular formula is C17H35N3O2. The van der Waals surface area contributed by atoms with E-state index < -0.39 is 0 Å². The highest BCUT2D eigenvalue weighted by molar-refractivity contribution is 5.79. The normalized spacial score (nSPS) is 18.2. The van der Waals surface area contributed by atoms with Crippen LogP contribution in [0.5, 0.6) is 0 Å². The van der Waals surface area contributed by atoms with Gasteiger partial charge in [-0.3, -0.25) is 4.99 Å². The van der Waals surface area contributed by atoms with Gasteiger partial charge in [-0.05, 0) is 32.6 Å². The number of rotatable bonds is 10. The molecule has 0 heterocycles. The van der Waals surface area contributed by atoms with Crippen LogP contribution < -0.4 is 10.6 Å². The third kappa shape index (κ3) is 7.45.